The lowest BCUT2D eigenvalue weighted by molar-refractivity contribution is 0.197. The zero-order valence-corrected chi connectivity index (χ0v) is 5.36. The Kier molecular flexibility index (Phi) is 12.2. The van der Waals surface area contributed by atoms with Crippen molar-refractivity contribution in [3.63, 3.8) is 0 Å². The molecule has 0 unspecified atom stereocenters. The number of hydrogen-bond acceptors (Lipinski definition) is 2. The first-order valence-corrected chi connectivity index (χ1v) is 2.18. The van der Waals surface area contributed by atoms with E-state index in [0.717, 1.165) is 0 Å². The first kappa shape index (κ1) is 10.3. The maximum atomic E-state index is 9.26. The predicted octanol–water partition coefficient (Wildman–Crippen LogP) is -0.281. The molecule has 0 radical (unpaired) electrons. The van der Waals surface area contributed by atoms with Gasteiger partial charge in [0.25, 0.3) is 0 Å². The second-order valence-corrected chi connectivity index (χ2v) is 1.06. The van der Waals surface area contributed by atoms with Crippen molar-refractivity contribution in [3.8, 4) is 0 Å². The third-order valence-corrected chi connectivity index (χ3v) is 0.214. The highest BCUT2D eigenvalue weighted by atomic mass is 16.4. The van der Waals surface area contributed by atoms with Crippen molar-refractivity contribution in [2.24, 2.45) is 0 Å². The van der Waals surface area contributed by atoms with Crippen molar-refractivity contribution in [1.82, 2.24) is 10.6 Å². The minimum atomic E-state index is -0.995. The summed E-state index contributed by atoms with van der Waals surface area (Å²) in [5.74, 6) is 0. The largest absolute Gasteiger partial charge is 0.465 e. The normalized spacial score (nSPS) is 6.38. The van der Waals surface area contributed by atoms with Crippen molar-refractivity contribution in [1.29, 1.82) is 0 Å². The SMILES string of the molecule is CNC.CNC(=O)O. The van der Waals surface area contributed by atoms with Crippen LogP contribution < -0.4 is 10.6 Å². The van der Waals surface area contributed by atoms with Gasteiger partial charge in [-0.3, -0.25) is 0 Å². The van der Waals surface area contributed by atoms with Gasteiger partial charge in [0.1, 0.15) is 0 Å². The van der Waals surface area contributed by atoms with Crippen LogP contribution in [0.2, 0.25) is 0 Å². The fourth-order valence-corrected chi connectivity index (χ4v) is 0. The summed E-state index contributed by atoms with van der Waals surface area (Å²) in [6.07, 6.45) is -0.995. The molecule has 50 valence electrons. The van der Waals surface area contributed by atoms with Crippen molar-refractivity contribution in [2.75, 3.05) is 21.1 Å². The van der Waals surface area contributed by atoms with Crippen LogP contribution in [0.15, 0.2) is 0 Å². The fraction of sp³-hybridized carbons (Fsp3) is 0.750. The number of nitrogens with one attached hydrogen (secondary N) is 2. The Balaban J connectivity index is 0. The molecule has 0 bridgehead atoms. The smallest absolute Gasteiger partial charge is 0.404 e. The van der Waals surface area contributed by atoms with Crippen LogP contribution in [0.3, 0.4) is 0 Å². The highest BCUT2D eigenvalue weighted by Crippen LogP contribution is 1.45. The number of carbonyl (C=O) groups is 1. The molecule has 0 aromatic carbocycles. The molecular weight excluding hydrogens is 108 g/mol. The van der Waals surface area contributed by atoms with Crippen LogP contribution >= 0.6 is 0 Å². The monoisotopic (exact) mass is 120 g/mol. The quantitative estimate of drug-likeness (QED) is 0.412. The summed E-state index contributed by atoms with van der Waals surface area (Å²) in [7, 11) is 5.10. The van der Waals surface area contributed by atoms with E-state index in [1.54, 1.807) is 0 Å². The van der Waals surface area contributed by atoms with E-state index >= 15 is 0 Å². The highest BCUT2D eigenvalue weighted by molar-refractivity contribution is 5.63. The summed E-state index contributed by atoms with van der Waals surface area (Å²) >= 11 is 0. The zero-order valence-electron chi connectivity index (χ0n) is 5.36. The molecule has 0 aliphatic carbocycles. The third-order valence-electron chi connectivity index (χ3n) is 0.214. The van der Waals surface area contributed by atoms with E-state index in [9.17, 15) is 4.79 Å². The summed E-state index contributed by atoms with van der Waals surface area (Å²) in [6, 6.07) is 0. The van der Waals surface area contributed by atoms with E-state index in [4.69, 9.17) is 5.11 Å². The Bertz CT molecular complexity index is 56.0. The molecule has 0 heterocycles. The van der Waals surface area contributed by atoms with E-state index in [1.807, 2.05) is 19.4 Å². The van der Waals surface area contributed by atoms with Crippen LogP contribution in [0.25, 0.3) is 0 Å². The Morgan fingerprint density at radius 2 is 1.50 bits per heavy atom. The predicted molar refractivity (Wildman–Crippen MR) is 32.1 cm³/mol. The van der Waals surface area contributed by atoms with Gasteiger partial charge in [-0.25, -0.2) is 4.79 Å². The van der Waals surface area contributed by atoms with Gasteiger partial charge < -0.3 is 15.7 Å². The Morgan fingerprint density at radius 3 is 1.50 bits per heavy atom. The standard InChI is InChI=1S/C2H5NO2.C2H7N/c1-3-2(4)5;1-3-2/h3H,1H3,(H,4,5);3H,1-2H3. The molecule has 4 heteroatoms. The zero-order chi connectivity index (χ0) is 6.99. The van der Waals surface area contributed by atoms with Gasteiger partial charge in [-0.05, 0) is 14.1 Å². The van der Waals surface area contributed by atoms with Gasteiger partial charge in [-0.2, -0.15) is 0 Å². The molecule has 8 heavy (non-hydrogen) atoms. The Labute approximate surface area is 48.9 Å². The third kappa shape index (κ3) is 61.9. The van der Waals surface area contributed by atoms with Gasteiger partial charge in [-0.1, -0.05) is 0 Å². The Morgan fingerprint density at radius 1 is 1.38 bits per heavy atom. The van der Waals surface area contributed by atoms with Crippen LogP contribution in [-0.4, -0.2) is 32.3 Å². The maximum Gasteiger partial charge on any atom is 0.404 e. The number of hydrogen-bond donors (Lipinski definition) is 3. The minimum absolute atomic E-state index is 0.995. The number of rotatable bonds is 0. The van der Waals surface area contributed by atoms with Gasteiger partial charge >= 0.3 is 6.09 Å². The second kappa shape index (κ2) is 9.52. The second-order valence-electron chi connectivity index (χ2n) is 1.06. The summed E-state index contributed by atoms with van der Waals surface area (Å²) < 4.78 is 0. The molecule has 0 aliphatic heterocycles. The van der Waals surface area contributed by atoms with Gasteiger partial charge in [0.05, 0.1) is 0 Å². The first-order valence-electron chi connectivity index (χ1n) is 2.18. The minimum Gasteiger partial charge on any atom is -0.465 e. The lowest BCUT2D eigenvalue weighted by Gasteiger charge is -1.78. The van der Waals surface area contributed by atoms with Crippen molar-refractivity contribution in [3.05, 3.63) is 0 Å². The van der Waals surface area contributed by atoms with Crippen molar-refractivity contribution in [2.45, 2.75) is 0 Å². The molecule has 0 aromatic rings. The van der Waals surface area contributed by atoms with Crippen molar-refractivity contribution < 1.29 is 9.90 Å². The van der Waals surface area contributed by atoms with Crippen LogP contribution in [-0.2, 0) is 0 Å². The summed E-state index contributed by atoms with van der Waals surface area (Å²) in [5, 5.41) is 12.3. The van der Waals surface area contributed by atoms with E-state index < -0.39 is 6.09 Å². The molecular formula is C4H12N2O2. The van der Waals surface area contributed by atoms with E-state index in [-0.39, 0.29) is 0 Å². The Hall–Kier alpha value is -0.770. The van der Waals surface area contributed by atoms with Crippen LogP contribution in [0.1, 0.15) is 0 Å². The van der Waals surface area contributed by atoms with E-state index in [0.29, 0.717) is 0 Å². The molecule has 0 aliphatic rings. The molecule has 3 N–H and O–H groups in total. The maximum absolute atomic E-state index is 9.26. The lowest BCUT2D eigenvalue weighted by atomic mass is 11.1. The first-order chi connectivity index (χ1) is 3.68. The van der Waals surface area contributed by atoms with Crippen LogP contribution in [0.4, 0.5) is 4.79 Å². The summed E-state index contributed by atoms with van der Waals surface area (Å²) in [4.78, 5) is 9.26. The van der Waals surface area contributed by atoms with Crippen LogP contribution in [0, 0.1) is 0 Å². The molecule has 0 saturated carbocycles. The average Bonchev–Trinajstić information content (AvgIpc) is 1.69. The molecule has 0 atom stereocenters. The van der Waals surface area contributed by atoms with Gasteiger partial charge in [0.2, 0.25) is 0 Å². The van der Waals surface area contributed by atoms with Crippen molar-refractivity contribution >= 4 is 6.09 Å². The number of carboxylic acid groups (broad SMARTS) is 1. The molecule has 0 rings (SSSR count). The van der Waals surface area contributed by atoms with E-state index in [1.165, 1.54) is 7.05 Å². The van der Waals surface area contributed by atoms with Gasteiger partial charge in [-0.15, -0.1) is 0 Å². The van der Waals surface area contributed by atoms with E-state index in [2.05, 4.69) is 5.32 Å². The van der Waals surface area contributed by atoms with Gasteiger partial charge in [0.15, 0.2) is 0 Å². The summed E-state index contributed by atoms with van der Waals surface area (Å²) in [5.41, 5.74) is 0. The molecule has 0 spiro atoms. The molecule has 0 aromatic heterocycles. The lowest BCUT2D eigenvalue weighted by Crippen LogP contribution is -2.13. The number of amides is 1. The molecule has 0 fully saturated rings. The molecule has 1 amide bonds. The molecule has 0 saturated heterocycles. The van der Waals surface area contributed by atoms with Crippen LogP contribution in [0.5, 0.6) is 0 Å². The molecule has 4 nitrogen and oxygen atoms in total. The highest BCUT2D eigenvalue weighted by Gasteiger charge is 1.76. The average molecular weight is 120 g/mol. The topological polar surface area (TPSA) is 61.4 Å². The fourth-order valence-electron chi connectivity index (χ4n) is 0. The summed E-state index contributed by atoms with van der Waals surface area (Å²) in [6.45, 7) is 0. The van der Waals surface area contributed by atoms with Gasteiger partial charge in [0, 0.05) is 7.05 Å².